The Balaban J connectivity index is 0.958. The molecular formula is C59H35N5O2. The zero-order valence-electron chi connectivity index (χ0n) is 35.4. The van der Waals surface area contributed by atoms with Crippen molar-refractivity contribution in [1.82, 2.24) is 24.5 Å². The number of fused-ring (bicyclic) bond motifs is 22. The Labute approximate surface area is 378 Å². The van der Waals surface area contributed by atoms with E-state index in [2.05, 4.69) is 149 Å². The molecule has 1 aliphatic heterocycles. The molecule has 0 radical (unpaired) electrons. The molecule has 0 fully saturated rings. The van der Waals surface area contributed by atoms with Crippen LogP contribution in [0.2, 0.25) is 0 Å². The van der Waals surface area contributed by atoms with Gasteiger partial charge in [-0.15, -0.1) is 0 Å². The fourth-order valence-corrected chi connectivity index (χ4v) is 11.7. The summed E-state index contributed by atoms with van der Waals surface area (Å²) < 4.78 is 16.4. The monoisotopic (exact) mass is 845 g/mol. The maximum atomic E-state index is 7.31. The van der Waals surface area contributed by atoms with Gasteiger partial charge in [0, 0.05) is 64.7 Å². The largest absolute Gasteiger partial charge is 0.457 e. The molecule has 1 atom stereocenters. The number of pyridine rings is 4. The summed E-state index contributed by atoms with van der Waals surface area (Å²) in [6.45, 7) is 0. The molecule has 6 aromatic heterocycles. The van der Waals surface area contributed by atoms with Gasteiger partial charge >= 0.3 is 0 Å². The number of para-hydroxylation sites is 3. The highest BCUT2D eigenvalue weighted by molar-refractivity contribution is 6.21. The molecule has 66 heavy (non-hydrogen) atoms. The Morgan fingerprint density at radius 1 is 0.455 bits per heavy atom. The SMILES string of the molecule is c1ccc2c(c1)Cc1cc(-n3c4ccccc4c4ccc5c6ccccc6oc5c43)cnc1-c1ncccc1Cc1cc3c(cc1O2)C1(c2ccccc2-3)c2ccncc2-c2ncccc21. The van der Waals surface area contributed by atoms with Crippen LogP contribution in [0.1, 0.15) is 44.5 Å². The first-order chi connectivity index (χ1) is 32.7. The molecule has 1 unspecified atom stereocenters. The fraction of sp³-hybridized carbons (Fsp3) is 0.0508. The number of aromatic nitrogens is 5. The molecule has 2 aliphatic carbocycles. The van der Waals surface area contributed by atoms with Crippen molar-refractivity contribution >= 4 is 43.7 Å². The van der Waals surface area contributed by atoms with Crippen molar-refractivity contribution in [3.05, 3.63) is 233 Å². The van der Waals surface area contributed by atoms with Gasteiger partial charge in [0.2, 0.25) is 0 Å². The molecule has 1 spiro atoms. The second-order valence-electron chi connectivity index (χ2n) is 17.7. The molecule has 15 rings (SSSR count). The van der Waals surface area contributed by atoms with E-state index >= 15 is 0 Å². The molecule has 7 heterocycles. The summed E-state index contributed by atoms with van der Waals surface area (Å²) in [5, 5.41) is 4.47. The van der Waals surface area contributed by atoms with Crippen molar-refractivity contribution in [3.63, 3.8) is 0 Å². The van der Waals surface area contributed by atoms with E-state index in [1.165, 1.54) is 27.8 Å². The van der Waals surface area contributed by atoms with Gasteiger partial charge in [0.1, 0.15) is 17.1 Å². The van der Waals surface area contributed by atoms with E-state index in [-0.39, 0.29) is 0 Å². The normalized spacial score (nSPS) is 15.3. The number of hydrogen-bond donors (Lipinski definition) is 0. The molecule has 12 aromatic rings. The second-order valence-corrected chi connectivity index (χ2v) is 17.7. The lowest BCUT2D eigenvalue weighted by atomic mass is 9.71. The van der Waals surface area contributed by atoms with E-state index in [1.54, 1.807) is 0 Å². The minimum atomic E-state index is -0.589. The predicted molar refractivity (Wildman–Crippen MR) is 260 cm³/mol. The fourth-order valence-electron chi connectivity index (χ4n) is 11.7. The first kappa shape index (κ1) is 35.7. The Morgan fingerprint density at radius 3 is 2.17 bits per heavy atom. The summed E-state index contributed by atoms with van der Waals surface area (Å²) in [5.41, 5.74) is 19.4. The lowest BCUT2D eigenvalue weighted by molar-refractivity contribution is 0.471. The summed E-state index contributed by atoms with van der Waals surface area (Å²) in [6.07, 6.45) is 10.8. The molecule has 0 N–H and O–H groups in total. The molecule has 0 amide bonds. The topological polar surface area (TPSA) is 78.9 Å². The second kappa shape index (κ2) is 13.2. The van der Waals surface area contributed by atoms with Crippen LogP contribution in [-0.4, -0.2) is 24.5 Å². The van der Waals surface area contributed by atoms with E-state index in [4.69, 9.17) is 24.1 Å². The van der Waals surface area contributed by atoms with Crippen molar-refractivity contribution in [2.24, 2.45) is 0 Å². The van der Waals surface area contributed by atoms with Gasteiger partial charge in [-0.05, 0) is 116 Å². The Morgan fingerprint density at radius 2 is 1.20 bits per heavy atom. The highest BCUT2D eigenvalue weighted by Crippen LogP contribution is 2.63. The highest BCUT2D eigenvalue weighted by atomic mass is 16.5. The summed E-state index contributed by atoms with van der Waals surface area (Å²) in [6, 6.07) is 56.2. The summed E-state index contributed by atoms with van der Waals surface area (Å²) in [5.74, 6) is 1.62. The number of ether oxygens (including phenoxy) is 1. The first-order valence-electron chi connectivity index (χ1n) is 22.4. The molecule has 7 nitrogen and oxygen atoms in total. The molecule has 0 saturated carbocycles. The lowest BCUT2D eigenvalue weighted by Gasteiger charge is -2.30. The molecular weight excluding hydrogens is 811 g/mol. The molecule has 7 heteroatoms. The minimum Gasteiger partial charge on any atom is -0.457 e. The van der Waals surface area contributed by atoms with Gasteiger partial charge in [0.15, 0.2) is 5.58 Å². The number of nitrogens with zero attached hydrogens (tertiary/aromatic N) is 5. The average molecular weight is 846 g/mol. The first-order valence-corrected chi connectivity index (χ1v) is 22.4. The zero-order valence-corrected chi connectivity index (χ0v) is 35.4. The van der Waals surface area contributed by atoms with Gasteiger partial charge in [0.25, 0.3) is 0 Å². The van der Waals surface area contributed by atoms with Crippen LogP contribution >= 0.6 is 0 Å². The van der Waals surface area contributed by atoms with E-state index in [0.717, 1.165) is 111 Å². The van der Waals surface area contributed by atoms with Crippen molar-refractivity contribution < 1.29 is 9.15 Å². The number of furan rings is 1. The Kier molecular flexibility index (Phi) is 7.14. The maximum absolute atomic E-state index is 7.31. The van der Waals surface area contributed by atoms with Crippen LogP contribution in [0, 0.1) is 0 Å². The van der Waals surface area contributed by atoms with Crippen LogP contribution in [0.3, 0.4) is 0 Å². The van der Waals surface area contributed by atoms with Gasteiger partial charge in [-0.3, -0.25) is 19.9 Å². The molecule has 0 saturated heterocycles. The van der Waals surface area contributed by atoms with Crippen LogP contribution in [0.4, 0.5) is 0 Å². The zero-order chi connectivity index (χ0) is 43.1. The minimum absolute atomic E-state index is 0.564. The van der Waals surface area contributed by atoms with Crippen LogP contribution in [0.15, 0.2) is 193 Å². The van der Waals surface area contributed by atoms with Gasteiger partial charge in [-0.2, -0.15) is 0 Å². The number of benzene rings is 6. The van der Waals surface area contributed by atoms with Crippen LogP contribution in [-0.2, 0) is 18.3 Å². The van der Waals surface area contributed by atoms with Crippen LogP contribution < -0.4 is 4.74 Å². The maximum Gasteiger partial charge on any atom is 0.160 e. The van der Waals surface area contributed by atoms with E-state index in [0.29, 0.717) is 12.8 Å². The van der Waals surface area contributed by atoms with Crippen LogP contribution in [0.5, 0.6) is 11.5 Å². The molecule has 3 aliphatic rings. The van der Waals surface area contributed by atoms with Crippen molar-refractivity contribution in [2.45, 2.75) is 18.3 Å². The molecule has 6 aromatic carbocycles. The third-order valence-corrected chi connectivity index (χ3v) is 14.4. The average Bonchev–Trinajstić information content (AvgIpc) is 4.08. The number of rotatable bonds is 1. The van der Waals surface area contributed by atoms with Crippen LogP contribution in [0.25, 0.3) is 83.2 Å². The highest BCUT2D eigenvalue weighted by Gasteiger charge is 2.52. The Bertz CT molecular complexity index is 4020. The van der Waals surface area contributed by atoms with Gasteiger partial charge in [-0.25, -0.2) is 0 Å². The predicted octanol–water partition coefficient (Wildman–Crippen LogP) is 13.6. The summed E-state index contributed by atoms with van der Waals surface area (Å²) >= 11 is 0. The summed E-state index contributed by atoms with van der Waals surface area (Å²) in [4.78, 5) is 20.1. The third-order valence-electron chi connectivity index (χ3n) is 14.4. The van der Waals surface area contributed by atoms with Gasteiger partial charge in [-0.1, -0.05) is 97.1 Å². The van der Waals surface area contributed by atoms with Gasteiger partial charge < -0.3 is 13.7 Å². The Hall–Kier alpha value is -8.68. The molecule has 0 bridgehead atoms. The number of hydrogen-bond acceptors (Lipinski definition) is 6. The van der Waals surface area contributed by atoms with Crippen molar-refractivity contribution in [3.8, 4) is 51.0 Å². The lowest BCUT2D eigenvalue weighted by Crippen LogP contribution is -2.26. The van der Waals surface area contributed by atoms with E-state index < -0.39 is 5.41 Å². The third kappa shape index (κ3) is 4.70. The van der Waals surface area contributed by atoms with E-state index in [1.807, 2.05) is 49.2 Å². The molecule has 308 valence electrons. The van der Waals surface area contributed by atoms with Crippen molar-refractivity contribution in [2.75, 3.05) is 0 Å². The van der Waals surface area contributed by atoms with Gasteiger partial charge in [0.05, 0.1) is 45.4 Å². The van der Waals surface area contributed by atoms with Crippen molar-refractivity contribution in [1.29, 1.82) is 0 Å². The quantitative estimate of drug-likeness (QED) is 0.164. The van der Waals surface area contributed by atoms with E-state index in [9.17, 15) is 0 Å². The smallest absolute Gasteiger partial charge is 0.160 e. The summed E-state index contributed by atoms with van der Waals surface area (Å²) in [7, 11) is 0. The standard InChI is InChI=1S/C59H35N5O2/c1-7-19-51-34(11-1)27-37-29-38(64-50-18-6-3-14-40(50)42-21-22-43-41-15-4-8-20-52(41)66-58(43)57(42)64)32-63-55(37)54-35(12-9-24-61-54)28-36-30-44-39-13-2-5-16-46(39)59(49(44)31-53(36)65-51)47-23-26-60-33-45(47)56-48(59)17-10-25-62-56/h1-26,29-33H,27-28H2.